The molecule has 2 bridgehead atoms. The fourth-order valence-corrected chi connectivity index (χ4v) is 2.85. The molecule has 4 heteroatoms. The van der Waals surface area contributed by atoms with Gasteiger partial charge in [0.2, 0.25) is 0 Å². The Morgan fingerprint density at radius 1 is 1.44 bits per heavy atom. The predicted octanol–water partition coefficient (Wildman–Crippen LogP) is 2.23. The van der Waals surface area contributed by atoms with Crippen molar-refractivity contribution in [3.63, 3.8) is 0 Å². The van der Waals surface area contributed by atoms with E-state index in [0.29, 0.717) is 12.0 Å². The van der Waals surface area contributed by atoms with E-state index in [1.165, 1.54) is 12.8 Å². The van der Waals surface area contributed by atoms with Crippen LogP contribution >= 0.6 is 22.6 Å². The first kappa shape index (κ1) is 12.6. The van der Waals surface area contributed by atoms with Crippen LogP contribution in [-0.2, 0) is 9.53 Å². The van der Waals surface area contributed by atoms with Crippen LogP contribution in [0.3, 0.4) is 0 Å². The molecule has 2 saturated heterocycles. The number of carbonyl (C=O) groups excluding carboxylic acids is 1. The second-order valence-corrected chi connectivity index (χ2v) is 8.28. The van der Waals surface area contributed by atoms with E-state index in [1.807, 2.05) is 13.8 Å². The first-order valence-electron chi connectivity index (χ1n) is 5.98. The van der Waals surface area contributed by atoms with Crippen LogP contribution in [0.1, 0.15) is 33.1 Å². The summed E-state index contributed by atoms with van der Waals surface area (Å²) >= 11 is 2.15. The van der Waals surface area contributed by atoms with E-state index < -0.39 is 3.42 Å². The van der Waals surface area contributed by atoms with Crippen molar-refractivity contribution in [1.82, 2.24) is 4.90 Å². The molecule has 0 N–H and O–H groups in total. The second-order valence-electron chi connectivity index (χ2n) is 5.58. The molecule has 2 aliphatic heterocycles. The van der Waals surface area contributed by atoms with Gasteiger partial charge in [0, 0.05) is 24.9 Å². The molecule has 3 nitrogen and oxygen atoms in total. The Morgan fingerprint density at radius 3 is 2.56 bits per heavy atom. The number of ether oxygens (including phenoxy) is 1. The van der Waals surface area contributed by atoms with Gasteiger partial charge in [-0.3, -0.25) is 4.79 Å². The molecule has 3 fully saturated rings. The number of halogens is 1. The molecule has 0 amide bonds. The second kappa shape index (κ2) is 4.44. The predicted molar refractivity (Wildman–Crippen MR) is 71.7 cm³/mol. The molecule has 3 aliphatic rings. The lowest BCUT2D eigenvalue weighted by Crippen LogP contribution is -2.54. The summed E-state index contributed by atoms with van der Waals surface area (Å²) in [5.74, 6) is 0.492. The van der Waals surface area contributed by atoms with Crippen molar-refractivity contribution in [1.29, 1.82) is 0 Å². The van der Waals surface area contributed by atoms with Crippen LogP contribution in [0.15, 0.2) is 0 Å². The zero-order valence-corrected chi connectivity index (χ0v) is 12.4. The van der Waals surface area contributed by atoms with Gasteiger partial charge in [-0.25, -0.2) is 0 Å². The van der Waals surface area contributed by atoms with Crippen molar-refractivity contribution in [2.45, 2.75) is 48.7 Å². The average molecular weight is 337 g/mol. The van der Waals surface area contributed by atoms with E-state index in [4.69, 9.17) is 4.74 Å². The molecular formula is C12H20INO2. The molecule has 0 spiro atoms. The van der Waals surface area contributed by atoms with E-state index in [1.54, 1.807) is 0 Å². The zero-order chi connectivity index (χ0) is 11.9. The van der Waals surface area contributed by atoms with E-state index in [0.717, 1.165) is 13.0 Å². The van der Waals surface area contributed by atoms with Gasteiger partial charge in [0.05, 0.1) is 0 Å². The summed E-state index contributed by atoms with van der Waals surface area (Å²) in [5.41, 5.74) is 0. The molecular weight excluding hydrogens is 317 g/mol. The highest BCUT2D eigenvalue weighted by atomic mass is 127. The first-order chi connectivity index (χ1) is 7.38. The lowest BCUT2D eigenvalue weighted by molar-refractivity contribution is -0.161. The Labute approximate surface area is 111 Å². The highest BCUT2D eigenvalue weighted by Gasteiger charge is 2.42. The third-order valence-electron chi connectivity index (χ3n) is 3.79. The summed E-state index contributed by atoms with van der Waals surface area (Å²) in [6.45, 7) is 4.90. The number of carbonyl (C=O) groups is 1. The summed E-state index contributed by atoms with van der Waals surface area (Å²) in [7, 11) is 2.18. The minimum atomic E-state index is -0.402. The van der Waals surface area contributed by atoms with Crippen LogP contribution in [0.25, 0.3) is 0 Å². The van der Waals surface area contributed by atoms with Crippen molar-refractivity contribution in [2.24, 2.45) is 5.92 Å². The Balaban J connectivity index is 1.95. The number of nitrogens with zero attached hydrogens (tertiary/aromatic N) is 1. The highest BCUT2D eigenvalue weighted by Crippen LogP contribution is 2.36. The molecule has 2 heterocycles. The van der Waals surface area contributed by atoms with Gasteiger partial charge in [0.15, 0.2) is 0 Å². The fourth-order valence-electron chi connectivity index (χ4n) is 2.72. The first-order valence-corrected chi connectivity index (χ1v) is 7.06. The van der Waals surface area contributed by atoms with Crippen LogP contribution in [0, 0.1) is 5.92 Å². The molecule has 0 aromatic heterocycles. The Morgan fingerprint density at radius 2 is 2.12 bits per heavy atom. The SMILES string of the molecule is CN1CC2CCC1CC2OC(=O)C(C)(C)I. The van der Waals surface area contributed by atoms with Gasteiger partial charge in [-0.2, -0.15) is 0 Å². The third kappa shape index (κ3) is 2.53. The minimum Gasteiger partial charge on any atom is -0.461 e. The van der Waals surface area contributed by atoms with Gasteiger partial charge in [0.1, 0.15) is 9.53 Å². The number of esters is 1. The Kier molecular flexibility index (Phi) is 3.50. The number of hydrogen-bond donors (Lipinski definition) is 0. The van der Waals surface area contributed by atoms with Gasteiger partial charge >= 0.3 is 5.97 Å². The van der Waals surface area contributed by atoms with Crippen LogP contribution in [-0.4, -0.2) is 40.0 Å². The Hall–Kier alpha value is 0.160. The van der Waals surface area contributed by atoms with Crippen LogP contribution < -0.4 is 0 Å². The Bertz CT molecular complexity index is 287. The van der Waals surface area contributed by atoms with Crippen molar-refractivity contribution < 1.29 is 9.53 Å². The number of rotatable bonds is 2. The largest absolute Gasteiger partial charge is 0.461 e. The van der Waals surface area contributed by atoms with Crippen molar-refractivity contribution >= 4 is 28.6 Å². The molecule has 0 aromatic rings. The summed E-state index contributed by atoms with van der Waals surface area (Å²) in [6.07, 6.45) is 3.67. The monoisotopic (exact) mass is 337 g/mol. The molecule has 0 radical (unpaired) electrons. The van der Waals surface area contributed by atoms with Gasteiger partial charge in [-0.1, -0.05) is 22.6 Å². The van der Waals surface area contributed by atoms with Crippen LogP contribution in [0.2, 0.25) is 0 Å². The number of fused-ring (bicyclic) bond motifs is 3. The molecule has 3 atom stereocenters. The van der Waals surface area contributed by atoms with Crippen molar-refractivity contribution in [3.8, 4) is 0 Å². The maximum Gasteiger partial charge on any atom is 0.321 e. The standard InChI is InChI=1S/C12H20INO2/c1-12(2,13)11(15)16-10-6-9-5-4-8(10)7-14(9)3/h8-10H,4-7H2,1-3H3. The summed E-state index contributed by atoms with van der Waals surface area (Å²) in [5, 5.41) is 0. The maximum absolute atomic E-state index is 11.8. The smallest absolute Gasteiger partial charge is 0.321 e. The number of hydrogen-bond acceptors (Lipinski definition) is 3. The average Bonchev–Trinajstić information content (AvgIpc) is 2.18. The maximum atomic E-state index is 11.8. The summed E-state index contributed by atoms with van der Waals surface area (Å²) in [4.78, 5) is 14.3. The summed E-state index contributed by atoms with van der Waals surface area (Å²) in [6, 6.07) is 0.625. The molecule has 3 rings (SSSR count). The fraction of sp³-hybridized carbons (Fsp3) is 0.917. The van der Waals surface area contributed by atoms with Gasteiger partial charge < -0.3 is 9.64 Å². The minimum absolute atomic E-state index is 0.0618. The molecule has 92 valence electrons. The van der Waals surface area contributed by atoms with E-state index in [9.17, 15) is 4.79 Å². The van der Waals surface area contributed by atoms with Crippen LogP contribution in [0.4, 0.5) is 0 Å². The zero-order valence-electron chi connectivity index (χ0n) is 10.2. The van der Waals surface area contributed by atoms with Crippen LogP contribution in [0.5, 0.6) is 0 Å². The lowest BCUT2D eigenvalue weighted by atomic mass is 9.78. The van der Waals surface area contributed by atoms with E-state index in [-0.39, 0.29) is 12.1 Å². The van der Waals surface area contributed by atoms with E-state index in [2.05, 4.69) is 34.5 Å². The van der Waals surface area contributed by atoms with Crippen molar-refractivity contribution in [2.75, 3.05) is 13.6 Å². The van der Waals surface area contributed by atoms with Gasteiger partial charge in [-0.05, 0) is 33.7 Å². The number of alkyl halides is 1. The third-order valence-corrected chi connectivity index (χ3v) is 4.23. The van der Waals surface area contributed by atoms with Gasteiger partial charge in [0.25, 0.3) is 0 Å². The normalized spacial score (nSPS) is 35.1. The molecule has 3 unspecified atom stereocenters. The van der Waals surface area contributed by atoms with E-state index >= 15 is 0 Å². The summed E-state index contributed by atoms with van der Waals surface area (Å²) < 4.78 is 5.26. The van der Waals surface area contributed by atoms with Crippen molar-refractivity contribution in [3.05, 3.63) is 0 Å². The molecule has 0 aromatic carbocycles. The lowest BCUT2D eigenvalue weighted by Gasteiger charge is -2.47. The molecule has 1 saturated carbocycles. The van der Waals surface area contributed by atoms with Gasteiger partial charge in [-0.15, -0.1) is 0 Å². The highest BCUT2D eigenvalue weighted by molar-refractivity contribution is 14.1. The quantitative estimate of drug-likeness (QED) is 0.440. The topological polar surface area (TPSA) is 29.5 Å². The molecule has 1 aliphatic carbocycles. The number of piperidine rings is 2. The molecule has 16 heavy (non-hydrogen) atoms.